The minimum absolute atomic E-state index is 0.156. The van der Waals surface area contributed by atoms with Crippen LogP contribution in [0, 0.1) is 6.92 Å². The van der Waals surface area contributed by atoms with Crippen molar-refractivity contribution < 1.29 is 4.79 Å². The van der Waals surface area contributed by atoms with Crippen LogP contribution in [-0.4, -0.2) is 27.4 Å². The zero-order valence-electron chi connectivity index (χ0n) is 12.2. The molecule has 0 aliphatic rings. The van der Waals surface area contributed by atoms with E-state index in [2.05, 4.69) is 15.6 Å². The van der Waals surface area contributed by atoms with Gasteiger partial charge in [-0.3, -0.25) is 9.48 Å². The molecular weight excluding hydrogens is 240 g/mol. The molecule has 0 radical (unpaired) electrons. The summed E-state index contributed by atoms with van der Waals surface area (Å²) in [7, 11) is 0. The first-order valence-electron chi connectivity index (χ1n) is 7.36. The van der Waals surface area contributed by atoms with Crippen LogP contribution in [0.15, 0.2) is 6.20 Å². The molecule has 0 aromatic carbocycles. The standard InChI is InChI=1S/C14H26N4O/c1-3-14(19)15-10-8-6-4-5-7-9-11-18-12-13(2)16-17-18/h12H,3-11H2,1-2H3,(H,15,19). The maximum absolute atomic E-state index is 11.0. The first-order valence-corrected chi connectivity index (χ1v) is 7.36. The summed E-state index contributed by atoms with van der Waals surface area (Å²) >= 11 is 0. The quantitative estimate of drug-likeness (QED) is 0.662. The van der Waals surface area contributed by atoms with Gasteiger partial charge in [0.1, 0.15) is 0 Å². The number of hydrogen-bond donors (Lipinski definition) is 1. The Balaban J connectivity index is 1.85. The molecule has 0 bridgehead atoms. The number of amides is 1. The third kappa shape index (κ3) is 7.59. The molecule has 0 saturated heterocycles. The number of nitrogens with zero attached hydrogens (tertiary/aromatic N) is 3. The maximum Gasteiger partial charge on any atom is 0.219 e. The number of nitrogens with one attached hydrogen (secondary N) is 1. The number of carbonyl (C=O) groups excluding carboxylic acids is 1. The highest BCUT2D eigenvalue weighted by atomic mass is 16.1. The number of aromatic nitrogens is 3. The summed E-state index contributed by atoms with van der Waals surface area (Å²) < 4.78 is 1.91. The van der Waals surface area contributed by atoms with Crippen molar-refractivity contribution in [2.45, 2.75) is 65.3 Å². The number of unbranched alkanes of at least 4 members (excludes halogenated alkanes) is 5. The first kappa shape index (κ1) is 15.7. The zero-order valence-corrected chi connectivity index (χ0v) is 12.2. The molecule has 1 heterocycles. The molecule has 1 aromatic heterocycles. The molecule has 1 N–H and O–H groups in total. The molecule has 0 fully saturated rings. The molecular formula is C14H26N4O. The summed E-state index contributed by atoms with van der Waals surface area (Å²) in [6.07, 6.45) is 9.77. The molecule has 0 atom stereocenters. The van der Waals surface area contributed by atoms with Crippen LogP contribution in [0.2, 0.25) is 0 Å². The van der Waals surface area contributed by atoms with Gasteiger partial charge < -0.3 is 5.32 Å². The normalized spacial score (nSPS) is 10.6. The molecule has 1 aromatic rings. The van der Waals surface area contributed by atoms with Crippen LogP contribution < -0.4 is 5.32 Å². The van der Waals surface area contributed by atoms with E-state index in [0.29, 0.717) is 6.42 Å². The van der Waals surface area contributed by atoms with Crippen molar-refractivity contribution in [1.29, 1.82) is 0 Å². The Morgan fingerprint density at radius 1 is 1.21 bits per heavy atom. The van der Waals surface area contributed by atoms with Crippen LogP contribution >= 0.6 is 0 Å². The van der Waals surface area contributed by atoms with Gasteiger partial charge in [-0.2, -0.15) is 0 Å². The predicted molar refractivity (Wildman–Crippen MR) is 75.8 cm³/mol. The Labute approximate surface area is 115 Å². The molecule has 19 heavy (non-hydrogen) atoms. The van der Waals surface area contributed by atoms with Gasteiger partial charge in [0.2, 0.25) is 5.91 Å². The summed E-state index contributed by atoms with van der Waals surface area (Å²) in [4.78, 5) is 11.0. The predicted octanol–water partition coefficient (Wildman–Crippen LogP) is 2.45. The minimum Gasteiger partial charge on any atom is -0.356 e. The van der Waals surface area contributed by atoms with Crippen molar-refractivity contribution in [3.05, 3.63) is 11.9 Å². The third-order valence-electron chi connectivity index (χ3n) is 3.11. The van der Waals surface area contributed by atoms with Crippen molar-refractivity contribution in [3.8, 4) is 0 Å². The van der Waals surface area contributed by atoms with E-state index < -0.39 is 0 Å². The monoisotopic (exact) mass is 266 g/mol. The Morgan fingerprint density at radius 2 is 1.89 bits per heavy atom. The lowest BCUT2D eigenvalue weighted by Gasteiger charge is -2.04. The van der Waals surface area contributed by atoms with Gasteiger partial charge in [0, 0.05) is 25.7 Å². The highest BCUT2D eigenvalue weighted by molar-refractivity contribution is 5.75. The van der Waals surface area contributed by atoms with Crippen LogP contribution in [0.3, 0.4) is 0 Å². The number of carbonyl (C=O) groups is 1. The Morgan fingerprint density at radius 3 is 2.53 bits per heavy atom. The van der Waals surface area contributed by atoms with Crippen LogP contribution in [0.5, 0.6) is 0 Å². The summed E-state index contributed by atoms with van der Waals surface area (Å²) in [5, 5.41) is 10.9. The van der Waals surface area contributed by atoms with E-state index >= 15 is 0 Å². The van der Waals surface area contributed by atoms with E-state index in [4.69, 9.17) is 0 Å². The van der Waals surface area contributed by atoms with Crippen molar-refractivity contribution in [1.82, 2.24) is 20.3 Å². The maximum atomic E-state index is 11.0. The zero-order chi connectivity index (χ0) is 13.9. The largest absolute Gasteiger partial charge is 0.356 e. The smallest absolute Gasteiger partial charge is 0.219 e. The van der Waals surface area contributed by atoms with Gasteiger partial charge in [0.05, 0.1) is 5.69 Å². The summed E-state index contributed by atoms with van der Waals surface area (Å²) in [6, 6.07) is 0. The Bertz CT molecular complexity index is 362. The van der Waals surface area contributed by atoms with Crippen molar-refractivity contribution >= 4 is 5.91 Å². The van der Waals surface area contributed by atoms with Crippen molar-refractivity contribution in [2.24, 2.45) is 0 Å². The SMILES string of the molecule is CCC(=O)NCCCCCCCCn1cc(C)nn1. The molecule has 0 aliphatic heterocycles. The third-order valence-corrected chi connectivity index (χ3v) is 3.11. The van der Waals surface area contributed by atoms with Gasteiger partial charge in [-0.05, 0) is 19.8 Å². The van der Waals surface area contributed by atoms with Gasteiger partial charge in [0.25, 0.3) is 0 Å². The lowest BCUT2D eigenvalue weighted by atomic mass is 10.1. The van der Waals surface area contributed by atoms with E-state index in [0.717, 1.165) is 31.6 Å². The second-order valence-corrected chi connectivity index (χ2v) is 4.95. The molecule has 0 spiro atoms. The highest BCUT2D eigenvalue weighted by Crippen LogP contribution is 2.06. The fourth-order valence-electron chi connectivity index (χ4n) is 1.96. The molecule has 1 amide bonds. The van der Waals surface area contributed by atoms with Crippen molar-refractivity contribution in [3.63, 3.8) is 0 Å². The molecule has 5 heteroatoms. The van der Waals surface area contributed by atoms with Gasteiger partial charge in [0.15, 0.2) is 0 Å². The summed E-state index contributed by atoms with van der Waals surface area (Å²) in [5.41, 5.74) is 0.981. The fourth-order valence-corrected chi connectivity index (χ4v) is 1.96. The fraction of sp³-hybridized carbons (Fsp3) is 0.786. The average molecular weight is 266 g/mol. The lowest BCUT2D eigenvalue weighted by Crippen LogP contribution is -2.23. The molecule has 0 unspecified atom stereocenters. The van der Waals surface area contributed by atoms with E-state index in [1.807, 2.05) is 24.7 Å². The van der Waals surface area contributed by atoms with Gasteiger partial charge in [-0.1, -0.05) is 37.8 Å². The average Bonchev–Trinajstić information content (AvgIpc) is 2.82. The minimum atomic E-state index is 0.156. The van der Waals surface area contributed by atoms with Crippen LogP contribution in [-0.2, 0) is 11.3 Å². The van der Waals surface area contributed by atoms with E-state index in [9.17, 15) is 4.79 Å². The second-order valence-electron chi connectivity index (χ2n) is 4.95. The molecule has 0 saturated carbocycles. The van der Waals surface area contributed by atoms with E-state index in [1.165, 1.54) is 25.7 Å². The number of hydrogen-bond acceptors (Lipinski definition) is 3. The first-order chi connectivity index (χ1) is 9.22. The second kappa shape index (κ2) is 9.53. The van der Waals surface area contributed by atoms with E-state index in [-0.39, 0.29) is 5.91 Å². The van der Waals surface area contributed by atoms with E-state index in [1.54, 1.807) is 0 Å². The van der Waals surface area contributed by atoms with Crippen LogP contribution in [0.25, 0.3) is 0 Å². The lowest BCUT2D eigenvalue weighted by molar-refractivity contribution is -0.120. The van der Waals surface area contributed by atoms with Crippen LogP contribution in [0.4, 0.5) is 0 Å². The van der Waals surface area contributed by atoms with Gasteiger partial charge in [-0.25, -0.2) is 0 Å². The topological polar surface area (TPSA) is 59.8 Å². The molecule has 108 valence electrons. The Kier molecular flexibility index (Phi) is 7.86. The number of aryl methyl sites for hydroxylation is 2. The molecule has 1 rings (SSSR count). The molecule has 5 nitrogen and oxygen atoms in total. The summed E-state index contributed by atoms with van der Waals surface area (Å²) in [5.74, 6) is 0.156. The molecule has 0 aliphatic carbocycles. The summed E-state index contributed by atoms with van der Waals surface area (Å²) in [6.45, 7) is 5.63. The van der Waals surface area contributed by atoms with Crippen molar-refractivity contribution in [2.75, 3.05) is 6.54 Å². The van der Waals surface area contributed by atoms with Crippen LogP contribution in [0.1, 0.15) is 57.6 Å². The number of rotatable bonds is 10. The van der Waals surface area contributed by atoms with Gasteiger partial charge >= 0.3 is 0 Å². The Hall–Kier alpha value is -1.39. The van der Waals surface area contributed by atoms with Gasteiger partial charge in [-0.15, -0.1) is 5.10 Å². The highest BCUT2D eigenvalue weighted by Gasteiger charge is 1.97.